The zero-order valence-corrected chi connectivity index (χ0v) is 16.2. The first-order valence-corrected chi connectivity index (χ1v) is 10.9. The van der Waals surface area contributed by atoms with Gasteiger partial charge in [0.05, 0.1) is 12.7 Å². The molecule has 0 bridgehead atoms. The average Bonchev–Trinajstić information content (AvgIpc) is 3.01. The van der Waals surface area contributed by atoms with Crippen molar-refractivity contribution in [3.8, 4) is 0 Å². The SMILES string of the molecule is CC1=C(C)SC(=C2SC(C)=C(SCc3ccccc3)S2)S1. The molecule has 1 aromatic rings. The molecule has 0 radical (unpaired) electrons. The van der Waals surface area contributed by atoms with E-state index >= 15 is 0 Å². The topological polar surface area (TPSA) is 0 Å². The van der Waals surface area contributed by atoms with Crippen molar-refractivity contribution in [3.63, 3.8) is 0 Å². The van der Waals surface area contributed by atoms with Crippen LogP contribution in [-0.2, 0) is 5.75 Å². The van der Waals surface area contributed by atoms with Crippen LogP contribution in [0.3, 0.4) is 0 Å². The van der Waals surface area contributed by atoms with E-state index in [0.717, 1.165) is 5.75 Å². The molecule has 0 unspecified atom stereocenters. The first kappa shape index (κ1) is 16.1. The molecule has 0 aliphatic carbocycles. The van der Waals surface area contributed by atoms with Crippen LogP contribution >= 0.6 is 58.8 Å². The molecule has 110 valence electrons. The average molecular weight is 369 g/mol. The molecule has 0 amide bonds. The van der Waals surface area contributed by atoms with Crippen LogP contribution in [-0.4, -0.2) is 0 Å². The van der Waals surface area contributed by atoms with E-state index in [9.17, 15) is 0 Å². The van der Waals surface area contributed by atoms with E-state index in [2.05, 4.69) is 51.1 Å². The van der Waals surface area contributed by atoms with Gasteiger partial charge in [-0.3, -0.25) is 0 Å². The summed E-state index contributed by atoms with van der Waals surface area (Å²) < 4.78 is 4.40. The van der Waals surface area contributed by atoms with Crippen LogP contribution in [0.4, 0.5) is 0 Å². The van der Waals surface area contributed by atoms with Gasteiger partial charge in [0.15, 0.2) is 0 Å². The van der Waals surface area contributed by atoms with Gasteiger partial charge >= 0.3 is 0 Å². The van der Waals surface area contributed by atoms with Gasteiger partial charge in [-0.2, -0.15) is 0 Å². The molecule has 0 nitrogen and oxygen atoms in total. The number of allylic oxidation sites excluding steroid dienone is 3. The van der Waals surface area contributed by atoms with Gasteiger partial charge in [0.2, 0.25) is 0 Å². The molecule has 3 rings (SSSR count). The lowest BCUT2D eigenvalue weighted by molar-refractivity contribution is 1.42. The number of thioether (sulfide) groups is 5. The van der Waals surface area contributed by atoms with E-state index in [4.69, 9.17) is 0 Å². The molecule has 0 N–H and O–H groups in total. The summed E-state index contributed by atoms with van der Waals surface area (Å²) in [5.41, 5.74) is 1.40. The van der Waals surface area contributed by atoms with E-state index in [1.165, 1.54) is 33.0 Å². The van der Waals surface area contributed by atoms with Crippen LogP contribution in [0.15, 0.2) is 57.8 Å². The Bertz CT molecular complexity index is 624. The third kappa shape index (κ3) is 3.94. The maximum absolute atomic E-state index is 2.25. The second kappa shape index (κ2) is 7.18. The summed E-state index contributed by atoms with van der Waals surface area (Å²) >= 11 is 9.73. The van der Waals surface area contributed by atoms with Crippen LogP contribution in [0.2, 0.25) is 0 Å². The van der Waals surface area contributed by atoms with Crippen LogP contribution in [0.1, 0.15) is 26.3 Å². The summed E-state index contributed by atoms with van der Waals surface area (Å²) in [7, 11) is 0. The molecule has 2 aliphatic rings. The Morgan fingerprint density at radius 1 is 0.762 bits per heavy atom. The molecule has 5 heteroatoms. The Balaban J connectivity index is 1.64. The van der Waals surface area contributed by atoms with E-state index in [1.54, 1.807) is 0 Å². The van der Waals surface area contributed by atoms with Gasteiger partial charge in [-0.05, 0) is 36.1 Å². The second-order valence-electron chi connectivity index (χ2n) is 4.71. The molecular formula is C16H16S5. The highest BCUT2D eigenvalue weighted by molar-refractivity contribution is 8.38. The van der Waals surface area contributed by atoms with E-state index < -0.39 is 0 Å². The summed E-state index contributed by atoms with van der Waals surface area (Å²) in [6.07, 6.45) is 0. The molecule has 1 aromatic carbocycles. The highest BCUT2D eigenvalue weighted by Crippen LogP contribution is 2.61. The molecule has 2 heterocycles. The lowest BCUT2D eigenvalue weighted by Gasteiger charge is -2.03. The quantitative estimate of drug-likeness (QED) is 0.541. The van der Waals surface area contributed by atoms with Gasteiger partial charge in [0, 0.05) is 10.7 Å². The zero-order valence-electron chi connectivity index (χ0n) is 12.1. The van der Waals surface area contributed by atoms with Crippen LogP contribution in [0, 0.1) is 0 Å². The zero-order chi connectivity index (χ0) is 14.8. The molecule has 0 saturated heterocycles. The van der Waals surface area contributed by atoms with Gasteiger partial charge in [0.1, 0.15) is 0 Å². The minimum absolute atomic E-state index is 1.06. The van der Waals surface area contributed by atoms with E-state index in [0.29, 0.717) is 0 Å². The summed E-state index contributed by atoms with van der Waals surface area (Å²) in [5.74, 6) is 1.06. The van der Waals surface area contributed by atoms with Crippen molar-refractivity contribution in [3.05, 3.63) is 63.3 Å². The van der Waals surface area contributed by atoms with Crippen molar-refractivity contribution in [1.82, 2.24) is 0 Å². The summed E-state index contributed by atoms with van der Waals surface area (Å²) in [4.78, 5) is 4.35. The number of benzene rings is 1. The van der Waals surface area contributed by atoms with Gasteiger partial charge in [-0.15, -0.1) is 11.8 Å². The molecule has 0 atom stereocenters. The maximum atomic E-state index is 2.25. The van der Waals surface area contributed by atoms with Gasteiger partial charge < -0.3 is 0 Å². The highest BCUT2D eigenvalue weighted by atomic mass is 32.2. The number of rotatable bonds is 3. The Kier molecular flexibility index (Phi) is 5.49. The van der Waals surface area contributed by atoms with Crippen molar-refractivity contribution in [1.29, 1.82) is 0 Å². The molecule has 0 spiro atoms. The normalized spacial score (nSPS) is 19.2. The minimum atomic E-state index is 1.06. The first-order valence-electron chi connectivity index (χ1n) is 6.64. The second-order valence-corrected chi connectivity index (χ2v) is 11.2. The van der Waals surface area contributed by atoms with Crippen LogP contribution in [0.25, 0.3) is 0 Å². The van der Waals surface area contributed by atoms with E-state index in [-0.39, 0.29) is 0 Å². The van der Waals surface area contributed by atoms with Gasteiger partial charge in [-0.1, -0.05) is 77.4 Å². The van der Waals surface area contributed by atoms with Crippen molar-refractivity contribution in [2.45, 2.75) is 26.5 Å². The Morgan fingerprint density at radius 2 is 1.33 bits per heavy atom. The Hall–Kier alpha value is 0.190. The van der Waals surface area contributed by atoms with Crippen LogP contribution < -0.4 is 0 Å². The largest absolute Gasteiger partial charge is 0.113 e. The maximum Gasteiger partial charge on any atom is 0.0708 e. The van der Waals surface area contributed by atoms with Gasteiger partial charge in [0.25, 0.3) is 0 Å². The lowest BCUT2D eigenvalue weighted by atomic mass is 10.2. The number of hydrogen-bond acceptors (Lipinski definition) is 5. The summed E-state index contributed by atoms with van der Waals surface area (Å²) in [6, 6.07) is 10.7. The lowest BCUT2D eigenvalue weighted by Crippen LogP contribution is -1.78. The van der Waals surface area contributed by atoms with E-state index in [1.807, 2.05) is 58.8 Å². The monoisotopic (exact) mass is 368 g/mol. The third-order valence-electron chi connectivity index (χ3n) is 3.09. The first-order chi connectivity index (χ1) is 10.1. The summed E-state index contributed by atoms with van der Waals surface area (Å²) in [6.45, 7) is 6.68. The Morgan fingerprint density at radius 3 is 2.00 bits per heavy atom. The van der Waals surface area contributed by atoms with Crippen molar-refractivity contribution in [2.24, 2.45) is 0 Å². The molecule has 2 aliphatic heterocycles. The van der Waals surface area contributed by atoms with Crippen LogP contribution in [0.5, 0.6) is 0 Å². The highest BCUT2D eigenvalue weighted by Gasteiger charge is 2.26. The summed E-state index contributed by atoms with van der Waals surface area (Å²) in [5, 5.41) is 0. The molecule has 21 heavy (non-hydrogen) atoms. The predicted octanol–water partition coefficient (Wildman–Crippen LogP) is 7.45. The van der Waals surface area contributed by atoms with Crippen molar-refractivity contribution in [2.75, 3.05) is 0 Å². The fourth-order valence-corrected chi connectivity index (χ4v) is 8.70. The third-order valence-corrected chi connectivity index (χ3v) is 10.4. The molecule has 0 fully saturated rings. The fraction of sp³-hybridized carbons (Fsp3) is 0.250. The molecule has 0 aromatic heterocycles. The van der Waals surface area contributed by atoms with Crippen molar-refractivity contribution < 1.29 is 0 Å². The molecule has 0 saturated carbocycles. The predicted molar refractivity (Wildman–Crippen MR) is 106 cm³/mol. The number of hydrogen-bond donors (Lipinski definition) is 0. The Labute approximate surface area is 148 Å². The smallest absolute Gasteiger partial charge is 0.0708 e. The van der Waals surface area contributed by atoms with Crippen molar-refractivity contribution >= 4 is 58.8 Å². The standard InChI is InChI=1S/C16H16S5/c1-10-11(2)19-15(18-10)16-20-12(3)14(21-16)17-9-13-7-5-4-6-8-13/h4-8H,9H2,1-3H3. The minimum Gasteiger partial charge on any atom is -0.113 e. The van der Waals surface area contributed by atoms with Gasteiger partial charge in [-0.25, -0.2) is 0 Å². The fourth-order valence-electron chi connectivity index (χ4n) is 1.82. The molecular weight excluding hydrogens is 353 g/mol.